The molecule has 3 rings (SSSR count). The highest BCUT2D eigenvalue weighted by atomic mass is 127. The lowest BCUT2D eigenvalue weighted by atomic mass is 10.1. The molecule has 0 aliphatic carbocycles. The van der Waals surface area contributed by atoms with Crippen LogP contribution in [-0.4, -0.2) is 59.3 Å². The van der Waals surface area contributed by atoms with Crippen molar-refractivity contribution in [3.05, 3.63) is 23.8 Å². The van der Waals surface area contributed by atoms with Crippen molar-refractivity contribution in [2.75, 3.05) is 38.8 Å². The number of nitrogens with zero attached hydrogens (tertiary/aromatic N) is 1. The molecule has 1 aromatic rings. The lowest BCUT2D eigenvalue weighted by Gasteiger charge is -2.22. The minimum atomic E-state index is -3.37. The van der Waals surface area contributed by atoms with Crippen molar-refractivity contribution in [3.8, 4) is 11.5 Å². The second-order valence-electron chi connectivity index (χ2n) is 6.97. The van der Waals surface area contributed by atoms with E-state index in [1.54, 1.807) is 0 Å². The van der Waals surface area contributed by atoms with Crippen molar-refractivity contribution < 1.29 is 22.6 Å². The molecule has 2 heterocycles. The van der Waals surface area contributed by atoms with Gasteiger partial charge in [-0.2, -0.15) is 0 Å². The van der Waals surface area contributed by atoms with Crippen LogP contribution in [0.3, 0.4) is 0 Å². The first-order chi connectivity index (χ1) is 14.1. The standard InChI is InChI=1S/C19H30N4O5S.HI/c1-2-20-19(22-12-15-6-7-17-18(11-15)28-14-27-17)21-8-10-29(24,25)23-13-16-5-3-4-9-26-16;/h6-7,11,16,23H,2-5,8-10,12-14H2,1H3,(H2,20,21,22);1H. The molecular weight excluding hydrogens is 523 g/mol. The number of fused-ring (bicyclic) bond motifs is 1. The molecule has 9 nitrogen and oxygen atoms in total. The van der Waals surface area contributed by atoms with Gasteiger partial charge in [-0.05, 0) is 43.9 Å². The highest BCUT2D eigenvalue weighted by Crippen LogP contribution is 2.32. The van der Waals surface area contributed by atoms with Gasteiger partial charge in [0, 0.05) is 26.2 Å². The Kier molecular flexibility index (Phi) is 10.4. The van der Waals surface area contributed by atoms with Crippen molar-refractivity contribution >= 4 is 40.0 Å². The third-order valence-corrected chi connectivity index (χ3v) is 6.02. The van der Waals surface area contributed by atoms with Crippen molar-refractivity contribution in [2.45, 2.75) is 38.8 Å². The summed E-state index contributed by atoms with van der Waals surface area (Å²) in [5.74, 6) is 1.98. The molecule has 0 aromatic heterocycles. The molecule has 3 N–H and O–H groups in total. The van der Waals surface area contributed by atoms with E-state index in [9.17, 15) is 8.42 Å². The number of nitrogens with one attached hydrogen (secondary N) is 3. The molecular formula is C19H31IN4O5S. The number of ether oxygens (including phenoxy) is 3. The Bertz CT molecular complexity index is 800. The fourth-order valence-corrected chi connectivity index (χ4v) is 4.07. The second kappa shape index (κ2) is 12.5. The smallest absolute Gasteiger partial charge is 0.231 e. The Morgan fingerprint density at radius 3 is 2.80 bits per heavy atom. The molecule has 0 saturated carbocycles. The molecule has 11 heteroatoms. The molecule has 0 bridgehead atoms. The molecule has 2 aliphatic rings. The third-order valence-electron chi connectivity index (χ3n) is 4.67. The van der Waals surface area contributed by atoms with Gasteiger partial charge < -0.3 is 24.8 Å². The largest absolute Gasteiger partial charge is 0.454 e. The van der Waals surface area contributed by atoms with Gasteiger partial charge in [-0.1, -0.05) is 6.07 Å². The van der Waals surface area contributed by atoms with E-state index in [1.807, 2.05) is 25.1 Å². The number of hydrogen-bond acceptors (Lipinski definition) is 6. The normalized spacial score (nSPS) is 18.6. The van der Waals surface area contributed by atoms with Gasteiger partial charge in [-0.3, -0.25) is 0 Å². The van der Waals surface area contributed by atoms with Crippen LogP contribution in [0.1, 0.15) is 31.7 Å². The van der Waals surface area contributed by atoms with E-state index in [1.165, 1.54) is 0 Å². The third kappa shape index (κ3) is 8.08. The van der Waals surface area contributed by atoms with E-state index in [4.69, 9.17) is 14.2 Å². The molecule has 1 atom stereocenters. The minimum absolute atomic E-state index is 0. The average molecular weight is 554 g/mol. The number of rotatable bonds is 9. The van der Waals surface area contributed by atoms with Gasteiger partial charge in [0.25, 0.3) is 0 Å². The first kappa shape index (κ1) is 25.0. The maximum absolute atomic E-state index is 12.2. The summed E-state index contributed by atoms with van der Waals surface area (Å²) >= 11 is 0. The first-order valence-electron chi connectivity index (χ1n) is 10.1. The number of benzene rings is 1. The molecule has 0 radical (unpaired) electrons. The fourth-order valence-electron chi connectivity index (χ4n) is 3.12. The zero-order valence-corrected chi connectivity index (χ0v) is 20.3. The number of halogens is 1. The topological polar surface area (TPSA) is 110 Å². The number of guanidine groups is 1. The molecule has 1 fully saturated rings. The highest BCUT2D eigenvalue weighted by Gasteiger charge is 2.18. The minimum Gasteiger partial charge on any atom is -0.454 e. The Morgan fingerprint density at radius 1 is 1.20 bits per heavy atom. The average Bonchev–Trinajstić information content (AvgIpc) is 3.19. The zero-order valence-electron chi connectivity index (χ0n) is 17.2. The lowest BCUT2D eigenvalue weighted by molar-refractivity contribution is 0.0200. The van der Waals surface area contributed by atoms with E-state index in [-0.39, 0.29) is 49.2 Å². The molecule has 2 aliphatic heterocycles. The van der Waals surface area contributed by atoms with Crippen LogP contribution in [0, 0.1) is 0 Å². The van der Waals surface area contributed by atoms with E-state index in [2.05, 4.69) is 20.3 Å². The van der Waals surface area contributed by atoms with Crippen LogP contribution in [0.4, 0.5) is 0 Å². The maximum atomic E-state index is 12.2. The van der Waals surface area contributed by atoms with Crippen molar-refractivity contribution in [3.63, 3.8) is 0 Å². The second-order valence-corrected chi connectivity index (χ2v) is 8.89. The lowest BCUT2D eigenvalue weighted by Crippen LogP contribution is -2.42. The SMILES string of the molecule is CCNC(=NCc1ccc2c(c1)OCO2)NCCS(=O)(=O)NCC1CCCCO1.I. The molecule has 0 spiro atoms. The summed E-state index contributed by atoms with van der Waals surface area (Å²) in [5.41, 5.74) is 0.980. The van der Waals surface area contributed by atoms with Crippen molar-refractivity contribution in [1.29, 1.82) is 0 Å². The Balaban J connectivity index is 0.00000320. The fraction of sp³-hybridized carbons (Fsp3) is 0.632. The van der Waals surface area contributed by atoms with Crippen LogP contribution in [0.5, 0.6) is 11.5 Å². The first-order valence-corrected chi connectivity index (χ1v) is 11.7. The van der Waals surface area contributed by atoms with Crippen LogP contribution in [-0.2, 0) is 21.3 Å². The van der Waals surface area contributed by atoms with E-state index in [0.29, 0.717) is 32.2 Å². The molecule has 170 valence electrons. The van der Waals surface area contributed by atoms with Crippen LogP contribution >= 0.6 is 24.0 Å². The van der Waals surface area contributed by atoms with Crippen molar-refractivity contribution in [1.82, 2.24) is 15.4 Å². The summed E-state index contributed by atoms with van der Waals surface area (Å²) < 4.78 is 43.3. The molecule has 1 saturated heterocycles. The summed E-state index contributed by atoms with van der Waals surface area (Å²) in [6, 6.07) is 5.70. The van der Waals surface area contributed by atoms with Gasteiger partial charge in [0.2, 0.25) is 16.8 Å². The Hall–Kier alpha value is -1.31. The van der Waals surface area contributed by atoms with E-state index in [0.717, 1.165) is 36.3 Å². The molecule has 1 unspecified atom stereocenters. The monoisotopic (exact) mass is 554 g/mol. The summed E-state index contributed by atoms with van der Waals surface area (Å²) in [6.07, 6.45) is 3.01. The van der Waals surface area contributed by atoms with Gasteiger partial charge in [0.15, 0.2) is 17.5 Å². The predicted octanol–water partition coefficient (Wildman–Crippen LogP) is 1.58. The van der Waals surface area contributed by atoms with Crippen LogP contribution in [0.2, 0.25) is 0 Å². The number of sulfonamides is 1. The van der Waals surface area contributed by atoms with Gasteiger partial charge in [0.1, 0.15) is 0 Å². The Morgan fingerprint density at radius 2 is 2.03 bits per heavy atom. The highest BCUT2D eigenvalue weighted by molar-refractivity contribution is 14.0. The summed E-state index contributed by atoms with van der Waals surface area (Å²) in [6.45, 7) is 4.61. The van der Waals surface area contributed by atoms with Crippen LogP contribution in [0.15, 0.2) is 23.2 Å². The predicted molar refractivity (Wildman–Crippen MR) is 126 cm³/mol. The summed E-state index contributed by atoms with van der Waals surface area (Å²) in [5, 5.41) is 6.19. The zero-order chi connectivity index (χ0) is 20.5. The molecule has 30 heavy (non-hydrogen) atoms. The summed E-state index contributed by atoms with van der Waals surface area (Å²) in [4.78, 5) is 4.51. The molecule has 0 amide bonds. The number of aliphatic imine (C=N–C) groups is 1. The quantitative estimate of drug-likeness (QED) is 0.242. The van der Waals surface area contributed by atoms with Crippen molar-refractivity contribution in [2.24, 2.45) is 4.99 Å². The van der Waals surface area contributed by atoms with Crippen LogP contribution < -0.4 is 24.8 Å². The van der Waals surface area contributed by atoms with Crippen LogP contribution in [0.25, 0.3) is 0 Å². The molecule has 1 aromatic carbocycles. The van der Waals surface area contributed by atoms with Gasteiger partial charge >= 0.3 is 0 Å². The summed E-state index contributed by atoms with van der Waals surface area (Å²) in [7, 11) is -3.37. The number of hydrogen-bond donors (Lipinski definition) is 3. The maximum Gasteiger partial charge on any atom is 0.231 e. The van der Waals surface area contributed by atoms with Gasteiger partial charge in [0.05, 0.1) is 18.4 Å². The van der Waals surface area contributed by atoms with E-state index < -0.39 is 10.0 Å². The van der Waals surface area contributed by atoms with Gasteiger partial charge in [-0.15, -0.1) is 24.0 Å². The van der Waals surface area contributed by atoms with E-state index >= 15 is 0 Å². The Labute approximate surface area is 195 Å². The van der Waals surface area contributed by atoms with Gasteiger partial charge in [-0.25, -0.2) is 18.1 Å².